The van der Waals surface area contributed by atoms with Gasteiger partial charge in [0.25, 0.3) is 0 Å². The van der Waals surface area contributed by atoms with Gasteiger partial charge in [-0.05, 0) is 24.5 Å². The van der Waals surface area contributed by atoms with Crippen LogP contribution in [0.25, 0.3) is 0 Å². The molecule has 1 heterocycles. The molecule has 1 aromatic rings. The van der Waals surface area contributed by atoms with E-state index in [1.807, 2.05) is 12.1 Å². The van der Waals surface area contributed by atoms with Crippen molar-refractivity contribution < 1.29 is 14.6 Å². The highest BCUT2D eigenvalue weighted by molar-refractivity contribution is 6.42. The van der Waals surface area contributed by atoms with E-state index in [1.54, 1.807) is 6.07 Å². The van der Waals surface area contributed by atoms with E-state index in [0.29, 0.717) is 42.5 Å². The molecule has 0 bridgehead atoms. The Labute approximate surface area is 128 Å². The molecule has 1 saturated heterocycles. The Morgan fingerprint density at radius 2 is 1.70 bits per heavy atom. The fraction of sp³-hybridized carbons (Fsp3) is 0.600. The molecule has 1 aliphatic heterocycles. The van der Waals surface area contributed by atoms with Crippen molar-refractivity contribution in [1.82, 2.24) is 0 Å². The number of ether oxygens (including phenoxy) is 2. The normalized spacial score (nSPS) is 24.1. The summed E-state index contributed by atoms with van der Waals surface area (Å²) in [6.07, 6.45) is 3.26. The number of aliphatic hydroxyl groups is 1. The molecule has 1 saturated carbocycles. The van der Waals surface area contributed by atoms with Gasteiger partial charge in [0.2, 0.25) is 0 Å². The molecule has 0 atom stereocenters. The lowest BCUT2D eigenvalue weighted by Gasteiger charge is -2.40. The van der Waals surface area contributed by atoms with Crippen LogP contribution < -0.4 is 0 Å². The summed E-state index contributed by atoms with van der Waals surface area (Å²) in [5, 5.41) is 11.8. The van der Waals surface area contributed by atoms with Crippen LogP contribution in [0.15, 0.2) is 18.2 Å². The molecule has 110 valence electrons. The molecule has 1 aliphatic carbocycles. The minimum Gasteiger partial charge on any atom is -0.390 e. The van der Waals surface area contributed by atoms with Crippen LogP contribution in [0.3, 0.4) is 0 Å². The Morgan fingerprint density at radius 1 is 1.05 bits per heavy atom. The maximum Gasteiger partial charge on any atom is 0.168 e. The molecule has 0 radical (unpaired) electrons. The second-order valence-corrected chi connectivity index (χ2v) is 6.51. The molecule has 2 fully saturated rings. The van der Waals surface area contributed by atoms with Crippen molar-refractivity contribution in [2.24, 2.45) is 0 Å². The van der Waals surface area contributed by atoms with Crippen molar-refractivity contribution in [1.29, 1.82) is 0 Å². The van der Waals surface area contributed by atoms with Crippen LogP contribution in [0, 0.1) is 0 Å². The van der Waals surface area contributed by atoms with Gasteiger partial charge in [0, 0.05) is 19.3 Å². The van der Waals surface area contributed by atoms with Crippen molar-refractivity contribution >= 4 is 23.2 Å². The van der Waals surface area contributed by atoms with Crippen LogP contribution in [0.4, 0.5) is 0 Å². The Morgan fingerprint density at radius 3 is 2.35 bits per heavy atom. The van der Waals surface area contributed by atoms with Crippen LogP contribution >= 0.6 is 23.2 Å². The average molecular weight is 317 g/mol. The third kappa shape index (κ3) is 2.83. The first-order valence-electron chi connectivity index (χ1n) is 6.95. The fourth-order valence-electron chi connectivity index (χ4n) is 3.10. The number of hydrogen-bond acceptors (Lipinski definition) is 3. The summed E-state index contributed by atoms with van der Waals surface area (Å²) in [7, 11) is 0. The summed E-state index contributed by atoms with van der Waals surface area (Å²) in [6.45, 7) is 1.30. The topological polar surface area (TPSA) is 38.7 Å². The van der Waals surface area contributed by atoms with Gasteiger partial charge in [-0.25, -0.2) is 0 Å². The number of hydrogen-bond donors (Lipinski definition) is 1. The molecule has 1 N–H and O–H groups in total. The van der Waals surface area contributed by atoms with E-state index in [9.17, 15) is 5.11 Å². The third-order valence-corrected chi connectivity index (χ3v) is 5.17. The highest BCUT2D eigenvalue weighted by atomic mass is 35.5. The first-order chi connectivity index (χ1) is 9.52. The smallest absolute Gasteiger partial charge is 0.168 e. The molecule has 3 rings (SSSR count). The third-order valence-electron chi connectivity index (χ3n) is 4.31. The number of benzene rings is 1. The Bertz CT molecular complexity index is 488. The van der Waals surface area contributed by atoms with E-state index < -0.39 is 11.4 Å². The monoisotopic (exact) mass is 316 g/mol. The molecule has 3 nitrogen and oxygen atoms in total. The lowest BCUT2D eigenvalue weighted by molar-refractivity contribution is -0.202. The SMILES string of the molecule is OC1(Cc2cccc(Cl)c2Cl)CCC2(CC1)OCCO2. The summed E-state index contributed by atoms with van der Waals surface area (Å²) in [5.41, 5.74) is 0.139. The zero-order valence-corrected chi connectivity index (χ0v) is 12.7. The summed E-state index contributed by atoms with van der Waals surface area (Å²) in [4.78, 5) is 0. The van der Waals surface area contributed by atoms with Crippen LogP contribution in [0.2, 0.25) is 10.0 Å². The van der Waals surface area contributed by atoms with Gasteiger partial charge in [-0.15, -0.1) is 0 Å². The van der Waals surface area contributed by atoms with Crippen molar-refractivity contribution in [3.63, 3.8) is 0 Å². The van der Waals surface area contributed by atoms with Gasteiger partial charge in [-0.1, -0.05) is 35.3 Å². The highest BCUT2D eigenvalue weighted by Crippen LogP contribution is 2.42. The lowest BCUT2D eigenvalue weighted by atomic mass is 9.78. The van der Waals surface area contributed by atoms with Gasteiger partial charge in [-0.3, -0.25) is 0 Å². The average Bonchev–Trinajstić information content (AvgIpc) is 2.88. The molecule has 5 heteroatoms. The minimum absolute atomic E-state index is 0.454. The quantitative estimate of drug-likeness (QED) is 0.906. The standard InChI is InChI=1S/C15H18Cl2O3/c16-12-3-1-2-11(13(12)17)10-14(18)4-6-15(7-5-14)19-8-9-20-15/h1-3,18H,4-10H2. The first kappa shape index (κ1) is 14.6. The van der Waals surface area contributed by atoms with E-state index >= 15 is 0 Å². The van der Waals surface area contributed by atoms with E-state index in [2.05, 4.69) is 0 Å². The molecule has 20 heavy (non-hydrogen) atoms. The lowest BCUT2D eigenvalue weighted by Crippen LogP contribution is -2.44. The fourth-order valence-corrected chi connectivity index (χ4v) is 3.49. The Kier molecular flexibility index (Phi) is 3.99. The van der Waals surface area contributed by atoms with Crippen molar-refractivity contribution in [3.05, 3.63) is 33.8 Å². The van der Waals surface area contributed by atoms with Crippen LogP contribution in [0.1, 0.15) is 31.2 Å². The Hall–Kier alpha value is -0.320. The molecule has 0 unspecified atom stereocenters. The van der Waals surface area contributed by atoms with Crippen molar-refractivity contribution in [3.8, 4) is 0 Å². The minimum atomic E-state index is -0.755. The predicted octanol–water partition coefficient (Wildman–Crippen LogP) is 3.58. The molecular weight excluding hydrogens is 299 g/mol. The molecule has 0 amide bonds. The second-order valence-electron chi connectivity index (χ2n) is 5.72. The molecule has 2 aliphatic rings. The first-order valence-corrected chi connectivity index (χ1v) is 7.71. The predicted molar refractivity (Wildman–Crippen MR) is 78.2 cm³/mol. The maximum absolute atomic E-state index is 10.8. The van der Waals surface area contributed by atoms with Crippen molar-refractivity contribution in [2.75, 3.05) is 13.2 Å². The van der Waals surface area contributed by atoms with Crippen LogP contribution in [-0.4, -0.2) is 29.7 Å². The maximum atomic E-state index is 10.8. The van der Waals surface area contributed by atoms with E-state index in [4.69, 9.17) is 32.7 Å². The zero-order valence-electron chi connectivity index (χ0n) is 11.2. The summed E-state index contributed by atoms with van der Waals surface area (Å²) < 4.78 is 11.4. The molecule has 0 aromatic heterocycles. The van der Waals surface area contributed by atoms with Crippen LogP contribution in [0.5, 0.6) is 0 Å². The van der Waals surface area contributed by atoms with Gasteiger partial charge in [-0.2, -0.15) is 0 Å². The van der Waals surface area contributed by atoms with Gasteiger partial charge in [0.15, 0.2) is 5.79 Å². The molecule has 1 aromatic carbocycles. The van der Waals surface area contributed by atoms with Gasteiger partial charge in [0.1, 0.15) is 0 Å². The number of rotatable bonds is 2. The Balaban J connectivity index is 1.70. The summed E-state index contributed by atoms with van der Waals surface area (Å²) in [6, 6.07) is 5.53. The summed E-state index contributed by atoms with van der Waals surface area (Å²) >= 11 is 12.2. The van der Waals surface area contributed by atoms with Gasteiger partial charge < -0.3 is 14.6 Å². The number of halogens is 2. The van der Waals surface area contributed by atoms with Gasteiger partial charge in [0.05, 0.1) is 28.9 Å². The van der Waals surface area contributed by atoms with E-state index in [0.717, 1.165) is 18.4 Å². The highest BCUT2D eigenvalue weighted by Gasteiger charge is 2.45. The van der Waals surface area contributed by atoms with E-state index in [1.165, 1.54) is 0 Å². The molecule has 1 spiro atoms. The van der Waals surface area contributed by atoms with Crippen molar-refractivity contribution in [2.45, 2.75) is 43.5 Å². The second kappa shape index (κ2) is 5.47. The van der Waals surface area contributed by atoms with E-state index in [-0.39, 0.29) is 0 Å². The summed E-state index contributed by atoms with van der Waals surface area (Å²) in [5.74, 6) is -0.454. The zero-order chi connectivity index (χ0) is 14.2. The largest absolute Gasteiger partial charge is 0.390 e. The van der Waals surface area contributed by atoms with Crippen LogP contribution in [-0.2, 0) is 15.9 Å². The van der Waals surface area contributed by atoms with Gasteiger partial charge >= 0.3 is 0 Å². The molecular formula is C15H18Cl2O3.